The van der Waals surface area contributed by atoms with Crippen LogP contribution in [0.15, 0.2) is 78.9 Å². The van der Waals surface area contributed by atoms with E-state index in [1.807, 2.05) is 42.2 Å². The fourth-order valence-electron chi connectivity index (χ4n) is 4.66. The SMILES string of the molecule is CC(C(O)c1ccccc1)N1CCC(O)(c2ccc(F)cc2)C(C(=O)c2ccc(F)cc2)C1. The van der Waals surface area contributed by atoms with Crippen LogP contribution < -0.4 is 0 Å². The number of aliphatic hydroxyl groups is 2. The molecule has 1 aliphatic rings. The molecule has 0 spiro atoms. The maximum atomic E-state index is 13.5. The summed E-state index contributed by atoms with van der Waals surface area (Å²) >= 11 is 0. The van der Waals surface area contributed by atoms with E-state index in [1.54, 1.807) is 0 Å². The Hall–Kier alpha value is -2.93. The Labute approximate surface area is 192 Å². The van der Waals surface area contributed by atoms with E-state index in [0.717, 1.165) is 5.56 Å². The second-order valence-corrected chi connectivity index (χ2v) is 8.70. The molecular weight excluding hydrogens is 424 g/mol. The Morgan fingerprint density at radius 1 is 0.970 bits per heavy atom. The average molecular weight is 452 g/mol. The van der Waals surface area contributed by atoms with Crippen LogP contribution in [-0.2, 0) is 5.60 Å². The molecule has 4 unspecified atom stereocenters. The zero-order chi connectivity index (χ0) is 23.6. The van der Waals surface area contributed by atoms with Gasteiger partial charge in [-0.25, -0.2) is 8.78 Å². The first-order valence-electron chi connectivity index (χ1n) is 11.0. The third-order valence-corrected chi connectivity index (χ3v) is 6.74. The fourth-order valence-corrected chi connectivity index (χ4v) is 4.66. The summed E-state index contributed by atoms with van der Waals surface area (Å²) in [5, 5.41) is 22.6. The molecule has 1 aliphatic heterocycles. The van der Waals surface area contributed by atoms with E-state index in [1.165, 1.54) is 48.5 Å². The van der Waals surface area contributed by atoms with Gasteiger partial charge >= 0.3 is 0 Å². The van der Waals surface area contributed by atoms with Crippen molar-refractivity contribution in [3.05, 3.63) is 107 Å². The van der Waals surface area contributed by atoms with Gasteiger partial charge in [0.15, 0.2) is 5.78 Å². The van der Waals surface area contributed by atoms with Gasteiger partial charge in [0.2, 0.25) is 0 Å². The molecule has 1 heterocycles. The zero-order valence-corrected chi connectivity index (χ0v) is 18.4. The van der Waals surface area contributed by atoms with Gasteiger partial charge in [-0.05, 0) is 60.9 Å². The molecule has 0 radical (unpaired) electrons. The summed E-state index contributed by atoms with van der Waals surface area (Å²) in [6.07, 6.45) is -0.549. The van der Waals surface area contributed by atoms with E-state index in [2.05, 4.69) is 0 Å². The number of benzene rings is 3. The number of aliphatic hydroxyl groups excluding tert-OH is 1. The fraction of sp³-hybridized carbons (Fsp3) is 0.296. The Kier molecular flexibility index (Phi) is 6.70. The molecule has 3 aromatic rings. The number of halogens is 2. The highest BCUT2D eigenvalue weighted by Crippen LogP contribution is 2.41. The molecule has 4 rings (SSSR count). The lowest BCUT2D eigenvalue weighted by Gasteiger charge is -2.47. The van der Waals surface area contributed by atoms with Gasteiger partial charge in [0.25, 0.3) is 0 Å². The molecular formula is C27H27F2NO3. The lowest BCUT2D eigenvalue weighted by molar-refractivity contribution is -0.0823. The van der Waals surface area contributed by atoms with E-state index in [0.29, 0.717) is 17.7 Å². The molecule has 0 amide bonds. The van der Waals surface area contributed by atoms with E-state index in [9.17, 15) is 23.8 Å². The molecule has 0 bridgehead atoms. The van der Waals surface area contributed by atoms with Gasteiger partial charge in [-0.3, -0.25) is 9.69 Å². The predicted octanol–water partition coefficient (Wildman–Crippen LogP) is 4.48. The Morgan fingerprint density at radius 2 is 1.55 bits per heavy atom. The van der Waals surface area contributed by atoms with E-state index in [4.69, 9.17) is 0 Å². The molecule has 4 nitrogen and oxygen atoms in total. The number of Topliss-reactive ketones (excluding diaryl/α,β-unsaturated/α-hetero) is 1. The summed E-state index contributed by atoms with van der Waals surface area (Å²) in [6.45, 7) is 2.51. The average Bonchev–Trinajstić information content (AvgIpc) is 2.84. The lowest BCUT2D eigenvalue weighted by atomic mass is 9.72. The number of ketones is 1. The van der Waals surface area contributed by atoms with Gasteiger partial charge < -0.3 is 10.2 Å². The number of nitrogens with zero attached hydrogens (tertiary/aromatic N) is 1. The topological polar surface area (TPSA) is 60.8 Å². The molecule has 0 saturated carbocycles. The highest BCUT2D eigenvalue weighted by atomic mass is 19.1. The van der Waals surface area contributed by atoms with Crippen molar-refractivity contribution in [2.24, 2.45) is 5.92 Å². The van der Waals surface area contributed by atoms with Crippen molar-refractivity contribution in [1.82, 2.24) is 4.90 Å². The van der Waals surface area contributed by atoms with Crippen LogP contribution in [0.2, 0.25) is 0 Å². The summed E-state index contributed by atoms with van der Waals surface area (Å²) in [4.78, 5) is 15.5. The van der Waals surface area contributed by atoms with Crippen LogP contribution in [-0.4, -0.2) is 40.0 Å². The van der Waals surface area contributed by atoms with Crippen molar-refractivity contribution >= 4 is 5.78 Å². The minimum Gasteiger partial charge on any atom is -0.387 e. The number of carbonyl (C=O) groups excluding carboxylic acids is 1. The smallest absolute Gasteiger partial charge is 0.170 e. The second-order valence-electron chi connectivity index (χ2n) is 8.70. The van der Waals surface area contributed by atoms with Gasteiger partial charge in [0.05, 0.1) is 12.0 Å². The normalized spacial score (nSPS) is 23.1. The molecule has 1 saturated heterocycles. The highest BCUT2D eigenvalue weighted by molar-refractivity contribution is 5.99. The maximum Gasteiger partial charge on any atom is 0.170 e. The zero-order valence-electron chi connectivity index (χ0n) is 18.4. The number of likely N-dealkylation sites (tertiary alicyclic amines) is 1. The van der Waals surface area contributed by atoms with Crippen molar-refractivity contribution in [2.45, 2.75) is 31.1 Å². The summed E-state index contributed by atoms with van der Waals surface area (Å²) in [6, 6.07) is 19.7. The molecule has 3 aromatic carbocycles. The van der Waals surface area contributed by atoms with Crippen molar-refractivity contribution in [2.75, 3.05) is 13.1 Å². The minimum absolute atomic E-state index is 0.190. The third kappa shape index (κ3) is 4.74. The third-order valence-electron chi connectivity index (χ3n) is 6.74. The summed E-state index contributed by atoms with van der Waals surface area (Å²) in [5.41, 5.74) is -0.00121. The molecule has 33 heavy (non-hydrogen) atoms. The number of carbonyl (C=O) groups is 1. The van der Waals surface area contributed by atoms with Crippen LogP contribution in [0, 0.1) is 17.6 Å². The molecule has 6 heteroatoms. The quantitative estimate of drug-likeness (QED) is 0.543. The Balaban J connectivity index is 1.66. The molecule has 0 aliphatic carbocycles. The molecule has 0 aromatic heterocycles. The van der Waals surface area contributed by atoms with Gasteiger partial charge in [-0.15, -0.1) is 0 Å². The molecule has 172 valence electrons. The van der Waals surface area contributed by atoms with Crippen LogP contribution in [0.25, 0.3) is 0 Å². The molecule has 1 fully saturated rings. The first-order valence-corrected chi connectivity index (χ1v) is 11.0. The van der Waals surface area contributed by atoms with Gasteiger partial charge in [0.1, 0.15) is 17.2 Å². The van der Waals surface area contributed by atoms with Gasteiger partial charge in [-0.1, -0.05) is 42.5 Å². The van der Waals surface area contributed by atoms with Crippen molar-refractivity contribution in [3.8, 4) is 0 Å². The Morgan fingerprint density at radius 3 is 2.15 bits per heavy atom. The monoisotopic (exact) mass is 451 g/mol. The van der Waals surface area contributed by atoms with Crippen molar-refractivity contribution in [3.63, 3.8) is 0 Å². The largest absolute Gasteiger partial charge is 0.387 e. The highest BCUT2D eigenvalue weighted by Gasteiger charge is 2.48. The summed E-state index contributed by atoms with van der Waals surface area (Å²) in [7, 11) is 0. The first kappa shape index (κ1) is 23.2. The van der Waals surface area contributed by atoms with Gasteiger partial charge in [0, 0.05) is 24.7 Å². The standard InChI is InChI=1S/C27H27F2NO3/c1-18(25(31)19-5-3-2-4-6-19)30-16-15-27(33,21-9-13-23(29)14-10-21)24(17-30)26(32)20-7-11-22(28)12-8-20/h2-14,18,24-25,31,33H,15-17H2,1H3. The lowest BCUT2D eigenvalue weighted by Crippen LogP contribution is -2.56. The van der Waals surface area contributed by atoms with Crippen LogP contribution in [0.3, 0.4) is 0 Å². The van der Waals surface area contributed by atoms with Crippen molar-refractivity contribution in [1.29, 1.82) is 0 Å². The second kappa shape index (κ2) is 9.51. The van der Waals surface area contributed by atoms with E-state index < -0.39 is 29.3 Å². The van der Waals surface area contributed by atoms with Crippen LogP contribution >= 0.6 is 0 Å². The van der Waals surface area contributed by atoms with Crippen LogP contribution in [0.1, 0.15) is 40.9 Å². The minimum atomic E-state index is -1.52. The van der Waals surface area contributed by atoms with E-state index in [-0.39, 0.29) is 24.8 Å². The summed E-state index contributed by atoms with van der Waals surface area (Å²) in [5.74, 6) is -2.09. The van der Waals surface area contributed by atoms with Crippen LogP contribution in [0.4, 0.5) is 8.78 Å². The number of hydrogen-bond acceptors (Lipinski definition) is 4. The van der Waals surface area contributed by atoms with Crippen molar-refractivity contribution < 1.29 is 23.8 Å². The van der Waals surface area contributed by atoms with E-state index >= 15 is 0 Å². The first-order chi connectivity index (χ1) is 15.8. The van der Waals surface area contributed by atoms with Gasteiger partial charge in [-0.2, -0.15) is 0 Å². The molecule has 2 N–H and O–H groups in total. The number of rotatable bonds is 6. The predicted molar refractivity (Wildman–Crippen MR) is 122 cm³/mol. The number of hydrogen-bond donors (Lipinski definition) is 2. The summed E-state index contributed by atoms with van der Waals surface area (Å²) < 4.78 is 27.0. The Bertz CT molecular complexity index is 1090. The molecule has 4 atom stereocenters. The number of piperidine rings is 1. The van der Waals surface area contributed by atoms with Crippen LogP contribution in [0.5, 0.6) is 0 Å². The maximum absolute atomic E-state index is 13.5.